The Morgan fingerprint density at radius 2 is 0.887 bits per heavy atom. The van der Waals surface area contributed by atoms with Gasteiger partial charge in [0.05, 0.1) is 32.4 Å². The molecule has 2 aliphatic carbocycles. The molecule has 4 aromatic carbocycles. The lowest BCUT2D eigenvalue weighted by molar-refractivity contribution is -0.138. The van der Waals surface area contributed by atoms with E-state index in [4.69, 9.17) is 46.4 Å². The molecule has 2 aromatic heterocycles. The lowest BCUT2D eigenvalue weighted by Gasteiger charge is -2.28. The Hall–Kier alpha value is -6.80. The van der Waals surface area contributed by atoms with E-state index >= 15 is 0 Å². The molecule has 2 amide bonds. The predicted molar refractivity (Wildman–Crippen MR) is 307 cm³/mol. The van der Waals surface area contributed by atoms with Crippen LogP contribution in [0.5, 0.6) is 0 Å². The molecule has 416 valence electrons. The number of anilines is 2. The van der Waals surface area contributed by atoms with Crippen molar-refractivity contribution in [1.82, 2.24) is 9.97 Å². The van der Waals surface area contributed by atoms with E-state index in [1.165, 1.54) is 36.4 Å². The molecule has 0 saturated heterocycles. The SMILES string of the molecule is CC1(C)CC(=O)c2c([nH]c(C=C3C(=O)Nc4ccc(S(=O)(=O)Cc5c(Cl)cccc5Cl)cc43)c2CCC(=O)O)C1.CC1(C)CC(=O)c2c([nH]c(C=C3C(=O)Nc4ccc(S(=O)(=O)Cc5c(Cl)cccc5Cl)cc43)c2CCC(=O)O)C1. The third kappa shape index (κ3) is 12.0. The van der Waals surface area contributed by atoms with E-state index in [2.05, 4.69) is 20.6 Å². The fourth-order valence-corrected chi connectivity index (χ4v) is 15.0. The second-order valence-corrected chi connectivity index (χ2v) is 27.4. The van der Waals surface area contributed by atoms with E-state index < -0.39 is 54.9 Å². The van der Waals surface area contributed by atoms with Crippen molar-refractivity contribution in [2.75, 3.05) is 10.6 Å². The van der Waals surface area contributed by atoms with E-state index in [1.54, 1.807) is 48.6 Å². The Bertz CT molecular complexity index is 3690. The number of benzene rings is 4. The van der Waals surface area contributed by atoms with Gasteiger partial charge in [0.15, 0.2) is 31.2 Å². The topological polar surface area (TPSA) is 267 Å². The van der Waals surface area contributed by atoms with E-state index in [-0.39, 0.29) is 100 Å². The number of halogens is 4. The molecule has 2 aliphatic heterocycles. The van der Waals surface area contributed by atoms with Gasteiger partial charge in [-0.2, -0.15) is 0 Å². The molecule has 0 atom stereocenters. The van der Waals surface area contributed by atoms with Crippen LogP contribution in [0.15, 0.2) is 82.6 Å². The van der Waals surface area contributed by atoms with Crippen LogP contribution in [0.2, 0.25) is 20.1 Å². The number of rotatable bonds is 14. The minimum Gasteiger partial charge on any atom is -0.481 e. The van der Waals surface area contributed by atoms with Crippen molar-refractivity contribution in [3.63, 3.8) is 0 Å². The third-order valence-corrected chi connectivity index (χ3v) is 19.1. The number of sulfone groups is 2. The van der Waals surface area contributed by atoms with Gasteiger partial charge in [0.2, 0.25) is 0 Å². The largest absolute Gasteiger partial charge is 0.481 e. The van der Waals surface area contributed by atoms with Crippen LogP contribution in [0.25, 0.3) is 23.3 Å². The zero-order valence-electron chi connectivity index (χ0n) is 43.5. The van der Waals surface area contributed by atoms with Crippen molar-refractivity contribution in [3.8, 4) is 0 Å². The average Bonchev–Trinajstić information content (AvgIpc) is 4.14. The van der Waals surface area contributed by atoms with Gasteiger partial charge in [-0.3, -0.25) is 28.8 Å². The Kier molecular flexibility index (Phi) is 15.9. The van der Waals surface area contributed by atoms with Gasteiger partial charge in [0.25, 0.3) is 11.8 Å². The molecule has 4 aliphatic rings. The number of carbonyl (C=O) groups is 6. The molecule has 80 heavy (non-hydrogen) atoms. The van der Waals surface area contributed by atoms with Crippen LogP contribution < -0.4 is 10.6 Å². The van der Waals surface area contributed by atoms with Gasteiger partial charge in [-0.25, -0.2) is 16.8 Å². The highest BCUT2D eigenvalue weighted by molar-refractivity contribution is 7.91. The Balaban J connectivity index is 0.000000194. The lowest BCUT2D eigenvalue weighted by atomic mass is 9.75. The highest BCUT2D eigenvalue weighted by Gasteiger charge is 2.38. The number of aromatic amines is 2. The molecule has 22 heteroatoms. The standard InChI is InChI=1S/2C29H26Cl2N2O6S/c2*1-29(2)12-24-27(25(34)13-29)16(7-9-26(35)36)23(32-24)11-18-17-10-15(6-8-22(17)33-28(18)37)40(38,39)14-19-20(30)4-3-5-21(19)31/h2*3-6,8,10-11,32H,7,9,12-14H2,1-2H3,(H,33,37)(H,35,36). The molecule has 16 nitrogen and oxygen atoms in total. The van der Waals surface area contributed by atoms with E-state index in [9.17, 15) is 55.8 Å². The summed E-state index contributed by atoms with van der Waals surface area (Å²) in [6.07, 6.45) is 4.81. The first-order valence-corrected chi connectivity index (χ1v) is 30.0. The van der Waals surface area contributed by atoms with Crippen molar-refractivity contribution < 1.29 is 55.8 Å². The number of carboxylic acids is 2. The quantitative estimate of drug-likeness (QED) is 0.0556. The first-order valence-electron chi connectivity index (χ1n) is 25.1. The summed E-state index contributed by atoms with van der Waals surface area (Å²) in [7, 11) is -7.79. The number of ketones is 2. The minimum absolute atomic E-state index is 0.0153. The molecule has 6 aromatic rings. The summed E-state index contributed by atoms with van der Waals surface area (Å²) in [5, 5.41) is 25.1. The van der Waals surface area contributed by atoms with Gasteiger partial charge in [-0.15, -0.1) is 0 Å². The number of hydrogen-bond acceptors (Lipinski definition) is 10. The van der Waals surface area contributed by atoms with Crippen molar-refractivity contribution >= 4 is 136 Å². The smallest absolute Gasteiger partial charge is 0.303 e. The van der Waals surface area contributed by atoms with Crippen LogP contribution in [0.1, 0.15) is 130 Å². The molecular weight excluding hydrogens is 1150 g/mol. The van der Waals surface area contributed by atoms with Gasteiger partial charge in [-0.05, 0) is 120 Å². The molecule has 0 saturated carbocycles. The predicted octanol–water partition coefficient (Wildman–Crippen LogP) is 11.9. The number of amides is 2. The highest BCUT2D eigenvalue weighted by atomic mass is 35.5. The highest BCUT2D eigenvalue weighted by Crippen LogP contribution is 2.43. The number of nitrogens with one attached hydrogen (secondary N) is 4. The van der Waals surface area contributed by atoms with Crippen molar-refractivity contribution in [2.24, 2.45) is 10.8 Å². The third-order valence-electron chi connectivity index (χ3n) is 14.4. The second-order valence-electron chi connectivity index (χ2n) is 21.8. The van der Waals surface area contributed by atoms with Gasteiger partial charge in [-0.1, -0.05) is 86.2 Å². The van der Waals surface area contributed by atoms with Gasteiger partial charge >= 0.3 is 11.9 Å². The maximum atomic E-state index is 13.3. The monoisotopic (exact) mass is 1200 g/mol. The maximum absolute atomic E-state index is 13.3. The minimum atomic E-state index is -3.90. The normalized spacial score (nSPS) is 17.1. The summed E-state index contributed by atoms with van der Waals surface area (Å²) < 4.78 is 53.4. The van der Waals surface area contributed by atoms with E-state index in [0.717, 1.165) is 0 Å². The summed E-state index contributed by atoms with van der Waals surface area (Å²) in [6.45, 7) is 7.95. The number of Topliss-reactive ketones (excluding diaryl/α,β-unsaturated/α-hetero) is 2. The van der Waals surface area contributed by atoms with Gasteiger partial charge in [0, 0.05) is 113 Å². The summed E-state index contributed by atoms with van der Waals surface area (Å²) in [4.78, 5) is 81.5. The van der Waals surface area contributed by atoms with Gasteiger partial charge < -0.3 is 30.8 Å². The zero-order valence-corrected chi connectivity index (χ0v) is 48.1. The number of H-pyrrole nitrogens is 2. The molecule has 0 fully saturated rings. The number of fused-ring (bicyclic) bond motifs is 4. The van der Waals surface area contributed by atoms with Crippen LogP contribution in [0, 0.1) is 10.8 Å². The fraction of sp³-hybridized carbons (Fsp3) is 0.276. The van der Waals surface area contributed by atoms with Crippen LogP contribution in [-0.4, -0.2) is 72.3 Å². The number of aliphatic carboxylic acids is 2. The Morgan fingerprint density at radius 1 is 0.537 bits per heavy atom. The summed E-state index contributed by atoms with van der Waals surface area (Å²) in [6, 6.07) is 18.2. The maximum Gasteiger partial charge on any atom is 0.303 e. The molecule has 6 N–H and O–H groups in total. The molecule has 0 unspecified atom stereocenters. The first kappa shape index (κ1) is 57.9. The average molecular weight is 1200 g/mol. The number of hydrogen-bond donors (Lipinski definition) is 6. The lowest BCUT2D eigenvalue weighted by Crippen LogP contribution is -2.27. The second kappa shape index (κ2) is 21.9. The van der Waals surface area contributed by atoms with Crippen LogP contribution in [-0.2, 0) is 76.0 Å². The van der Waals surface area contributed by atoms with E-state index in [0.29, 0.717) is 93.2 Å². The number of aromatic nitrogens is 2. The van der Waals surface area contributed by atoms with Crippen LogP contribution >= 0.6 is 46.4 Å². The molecule has 4 heterocycles. The zero-order chi connectivity index (χ0) is 58.0. The molecule has 10 rings (SSSR count). The van der Waals surface area contributed by atoms with Gasteiger partial charge in [0.1, 0.15) is 0 Å². The summed E-state index contributed by atoms with van der Waals surface area (Å²) in [5.74, 6) is -3.89. The first-order chi connectivity index (χ1) is 37.5. The fourth-order valence-electron chi connectivity index (χ4n) is 10.7. The molecular formula is C58H52Cl4N4O12S2. The number of carbonyl (C=O) groups excluding carboxylic acids is 4. The Morgan fingerprint density at radius 3 is 1.23 bits per heavy atom. The Labute approximate surface area is 480 Å². The van der Waals surface area contributed by atoms with E-state index in [1.807, 2.05) is 27.7 Å². The summed E-state index contributed by atoms with van der Waals surface area (Å²) >= 11 is 24.8. The van der Waals surface area contributed by atoms with Crippen LogP contribution in [0.4, 0.5) is 11.4 Å². The van der Waals surface area contributed by atoms with Crippen molar-refractivity contribution in [3.05, 3.63) is 160 Å². The molecule has 0 spiro atoms. The van der Waals surface area contributed by atoms with Crippen LogP contribution in [0.3, 0.4) is 0 Å². The molecule has 0 bridgehead atoms. The van der Waals surface area contributed by atoms with Crippen molar-refractivity contribution in [1.29, 1.82) is 0 Å². The molecule has 0 radical (unpaired) electrons. The summed E-state index contributed by atoms with van der Waals surface area (Å²) in [5.41, 5.74) is 6.45. The number of carboxylic acid groups (broad SMARTS) is 2. The van der Waals surface area contributed by atoms with Crippen molar-refractivity contribution in [2.45, 2.75) is 100 Å².